The van der Waals surface area contributed by atoms with E-state index in [9.17, 15) is 9.59 Å². The Morgan fingerprint density at radius 3 is 2.74 bits per heavy atom. The fourth-order valence-corrected chi connectivity index (χ4v) is 4.68. The fraction of sp³-hybridized carbons (Fsp3) is 0.417. The van der Waals surface area contributed by atoms with Crippen LogP contribution in [-0.4, -0.2) is 30.2 Å². The molecule has 1 aliphatic heterocycles. The summed E-state index contributed by atoms with van der Waals surface area (Å²) in [7, 11) is 0. The number of unbranched alkanes of at least 4 members (excludes halogenated alkanes) is 4. The molecule has 31 heavy (non-hydrogen) atoms. The first-order valence-corrected chi connectivity index (χ1v) is 12.4. The summed E-state index contributed by atoms with van der Waals surface area (Å²) < 4.78 is 0. The van der Waals surface area contributed by atoms with Crippen LogP contribution in [0, 0.1) is 0 Å². The van der Waals surface area contributed by atoms with Crippen molar-refractivity contribution in [3.05, 3.63) is 58.6 Å². The van der Waals surface area contributed by atoms with Gasteiger partial charge in [0.15, 0.2) is 0 Å². The zero-order chi connectivity index (χ0) is 22.1. The van der Waals surface area contributed by atoms with E-state index < -0.39 is 0 Å². The average Bonchev–Trinajstić information content (AvgIpc) is 2.76. The van der Waals surface area contributed by atoms with Crippen LogP contribution in [0.15, 0.2) is 42.5 Å². The standard InChI is InChI=1S/C24H30ClN3O2S/c1-2-3-4-5-6-12-26-23(29)18-10-11-20-21(14-18)28-24(30)22(27-20)16-31-15-17-8-7-9-19(25)13-17/h7-11,13-14,22,27H,2-6,12,15-16H2,1H3,(H,26,29)(H,28,30). The molecule has 3 N–H and O–H groups in total. The van der Waals surface area contributed by atoms with Crippen molar-refractivity contribution in [2.75, 3.05) is 22.9 Å². The van der Waals surface area contributed by atoms with Gasteiger partial charge in [-0.2, -0.15) is 11.8 Å². The Hall–Kier alpha value is -2.18. The number of hydrogen-bond acceptors (Lipinski definition) is 4. The molecule has 0 saturated carbocycles. The largest absolute Gasteiger partial charge is 0.371 e. The fourth-order valence-electron chi connectivity index (χ4n) is 3.46. The molecule has 1 aliphatic rings. The van der Waals surface area contributed by atoms with Crippen LogP contribution < -0.4 is 16.0 Å². The van der Waals surface area contributed by atoms with Crippen molar-refractivity contribution in [2.45, 2.75) is 50.8 Å². The van der Waals surface area contributed by atoms with Crippen molar-refractivity contribution < 1.29 is 9.59 Å². The van der Waals surface area contributed by atoms with Crippen LogP contribution in [0.25, 0.3) is 0 Å². The quantitative estimate of drug-likeness (QED) is 0.376. The molecule has 1 atom stereocenters. The molecule has 166 valence electrons. The van der Waals surface area contributed by atoms with Crippen molar-refractivity contribution in [1.29, 1.82) is 0 Å². The van der Waals surface area contributed by atoms with Gasteiger partial charge < -0.3 is 16.0 Å². The topological polar surface area (TPSA) is 70.2 Å². The number of benzene rings is 2. The van der Waals surface area contributed by atoms with E-state index in [2.05, 4.69) is 22.9 Å². The maximum absolute atomic E-state index is 12.5. The summed E-state index contributed by atoms with van der Waals surface area (Å²) in [5.74, 6) is 1.24. The van der Waals surface area contributed by atoms with Crippen LogP contribution in [0.4, 0.5) is 11.4 Å². The van der Waals surface area contributed by atoms with Gasteiger partial charge in [-0.25, -0.2) is 0 Å². The number of carbonyl (C=O) groups is 2. The lowest BCUT2D eigenvalue weighted by Gasteiger charge is -2.27. The maximum atomic E-state index is 12.5. The zero-order valence-electron chi connectivity index (χ0n) is 17.9. The molecular formula is C24H30ClN3O2S. The Bertz CT molecular complexity index is 906. The third-order valence-electron chi connectivity index (χ3n) is 5.19. The Morgan fingerprint density at radius 2 is 1.94 bits per heavy atom. The molecule has 0 saturated heterocycles. The minimum Gasteiger partial charge on any atom is -0.371 e. The molecular weight excluding hydrogens is 430 g/mol. The van der Waals surface area contributed by atoms with E-state index in [1.807, 2.05) is 30.3 Å². The first-order chi connectivity index (χ1) is 15.1. The highest BCUT2D eigenvalue weighted by atomic mass is 35.5. The van der Waals surface area contributed by atoms with Crippen LogP contribution in [0.1, 0.15) is 54.9 Å². The minimum atomic E-state index is -0.320. The molecule has 1 unspecified atom stereocenters. The van der Waals surface area contributed by atoms with E-state index in [4.69, 9.17) is 11.6 Å². The molecule has 0 bridgehead atoms. The van der Waals surface area contributed by atoms with Gasteiger partial charge in [0.1, 0.15) is 6.04 Å². The van der Waals surface area contributed by atoms with Crippen molar-refractivity contribution in [2.24, 2.45) is 0 Å². The van der Waals surface area contributed by atoms with Gasteiger partial charge in [0, 0.05) is 28.6 Å². The maximum Gasteiger partial charge on any atom is 0.251 e. The Kier molecular flexibility index (Phi) is 9.10. The van der Waals surface area contributed by atoms with Gasteiger partial charge in [0.25, 0.3) is 5.91 Å². The van der Waals surface area contributed by atoms with E-state index >= 15 is 0 Å². The van der Waals surface area contributed by atoms with E-state index in [1.54, 1.807) is 23.9 Å². The molecule has 7 heteroatoms. The van der Waals surface area contributed by atoms with Gasteiger partial charge >= 0.3 is 0 Å². The van der Waals surface area contributed by atoms with Gasteiger partial charge in [-0.3, -0.25) is 9.59 Å². The predicted molar refractivity (Wildman–Crippen MR) is 131 cm³/mol. The molecule has 2 amide bonds. The SMILES string of the molecule is CCCCCCCNC(=O)c1ccc2c(c1)NC(=O)C(CSCc1cccc(Cl)c1)N2. The van der Waals surface area contributed by atoms with Gasteiger partial charge in [-0.15, -0.1) is 0 Å². The molecule has 2 aromatic carbocycles. The first kappa shape index (κ1) is 23.5. The highest BCUT2D eigenvalue weighted by molar-refractivity contribution is 7.98. The van der Waals surface area contributed by atoms with Gasteiger partial charge in [0.2, 0.25) is 5.91 Å². The van der Waals surface area contributed by atoms with Gasteiger partial charge in [-0.05, 0) is 42.3 Å². The van der Waals surface area contributed by atoms with Crippen molar-refractivity contribution in [1.82, 2.24) is 5.32 Å². The van der Waals surface area contributed by atoms with Gasteiger partial charge in [0.05, 0.1) is 11.4 Å². The summed E-state index contributed by atoms with van der Waals surface area (Å²) in [5.41, 5.74) is 3.18. The number of amides is 2. The molecule has 0 spiro atoms. The predicted octanol–water partition coefficient (Wildman–Crippen LogP) is 5.71. The second kappa shape index (κ2) is 12.0. The zero-order valence-corrected chi connectivity index (χ0v) is 19.5. The Morgan fingerprint density at radius 1 is 1.10 bits per heavy atom. The molecule has 0 aromatic heterocycles. The highest BCUT2D eigenvalue weighted by Gasteiger charge is 2.26. The van der Waals surface area contributed by atoms with Crippen LogP contribution >= 0.6 is 23.4 Å². The monoisotopic (exact) mass is 459 g/mol. The molecule has 2 aromatic rings. The molecule has 1 heterocycles. The Labute approximate surface area is 193 Å². The Balaban J connectivity index is 1.48. The van der Waals surface area contributed by atoms with Crippen LogP contribution in [0.5, 0.6) is 0 Å². The number of thioether (sulfide) groups is 1. The lowest BCUT2D eigenvalue weighted by Crippen LogP contribution is -2.40. The molecule has 3 rings (SSSR count). The second-order valence-corrected chi connectivity index (χ2v) is 9.23. The highest BCUT2D eigenvalue weighted by Crippen LogP contribution is 2.29. The summed E-state index contributed by atoms with van der Waals surface area (Å²) in [6.07, 6.45) is 5.79. The third kappa shape index (κ3) is 7.18. The summed E-state index contributed by atoms with van der Waals surface area (Å²) in [5, 5.41) is 9.91. The van der Waals surface area contributed by atoms with E-state index in [-0.39, 0.29) is 17.9 Å². The van der Waals surface area contributed by atoms with E-state index in [0.29, 0.717) is 23.5 Å². The second-order valence-electron chi connectivity index (χ2n) is 7.76. The van der Waals surface area contributed by atoms with Crippen LogP contribution in [0.3, 0.4) is 0 Å². The summed E-state index contributed by atoms with van der Waals surface area (Å²) >= 11 is 7.70. The van der Waals surface area contributed by atoms with Crippen molar-refractivity contribution in [3.63, 3.8) is 0 Å². The molecule has 0 fully saturated rings. The number of halogens is 1. The normalized spacial score (nSPS) is 15.0. The number of rotatable bonds is 11. The molecule has 5 nitrogen and oxygen atoms in total. The number of carbonyl (C=O) groups excluding carboxylic acids is 2. The van der Waals surface area contributed by atoms with Gasteiger partial charge in [-0.1, -0.05) is 56.3 Å². The number of hydrogen-bond donors (Lipinski definition) is 3. The lowest BCUT2D eigenvalue weighted by molar-refractivity contribution is -0.116. The number of anilines is 2. The summed E-state index contributed by atoms with van der Waals surface area (Å²) in [6, 6.07) is 12.8. The summed E-state index contributed by atoms with van der Waals surface area (Å²) in [4.78, 5) is 24.9. The number of fused-ring (bicyclic) bond motifs is 1. The first-order valence-electron chi connectivity index (χ1n) is 10.9. The third-order valence-corrected chi connectivity index (χ3v) is 6.54. The van der Waals surface area contributed by atoms with Crippen LogP contribution in [-0.2, 0) is 10.5 Å². The summed E-state index contributed by atoms with van der Waals surface area (Å²) in [6.45, 7) is 2.86. The molecule has 0 aliphatic carbocycles. The van der Waals surface area contributed by atoms with E-state index in [1.165, 1.54) is 19.3 Å². The minimum absolute atomic E-state index is 0.0837. The smallest absolute Gasteiger partial charge is 0.251 e. The van der Waals surface area contributed by atoms with Crippen molar-refractivity contribution >= 4 is 46.6 Å². The lowest BCUT2D eigenvalue weighted by atomic mass is 10.1. The number of nitrogens with one attached hydrogen (secondary N) is 3. The van der Waals surface area contributed by atoms with E-state index in [0.717, 1.165) is 34.9 Å². The average molecular weight is 460 g/mol. The van der Waals surface area contributed by atoms with Crippen molar-refractivity contribution in [3.8, 4) is 0 Å². The van der Waals surface area contributed by atoms with Crippen LogP contribution in [0.2, 0.25) is 5.02 Å². The molecule has 0 radical (unpaired) electrons.